The molecule has 0 spiro atoms. The lowest BCUT2D eigenvalue weighted by Crippen LogP contribution is -2.45. The second-order valence-corrected chi connectivity index (χ2v) is 7.05. The molecule has 0 aromatic carbocycles. The molecule has 3 unspecified atom stereocenters. The highest BCUT2D eigenvalue weighted by Gasteiger charge is 2.27. The summed E-state index contributed by atoms with van der Waals surface area (Å²) in [6.07, 6.45) is -0.341. The van der Waals surface area contributed by atoms with Gasteiger partial charge in [0.15, 0.2) is 0 Å². The molecule has 90 valence electrons. The van der Waals surface area contributed by atoms with E-state index in [9.17, 15) is 5.11 Å². The molecule has 0 amide bonds. The minimum absolute atomic E-state index is 0.112. The third-order valence-electron chi connectivity index (χ3n) is 2.32. The fourth-order valence-electron chi connectivity index (χ4n) is 1.49. The molecule has 15 heavy (non-hydrogen) atoms. The lowest BCUT2D eigenvalue weighted by atomic mass is 10.2. The van der Waals surface area contributed by atoms with Crippen LogP contribution in [0.5, 0.6) is 0 Å². The fourth-order valence-corrected chi connectivity index (χ4v) is 2.34. The molecule has 1 heterocycles. The molecule has 3 atom stereocenters. The van der Waals surface area contributed by atoms with Crippen molar-refractivity contribution in [1.29, 1.82) is 0 Å². The van der Waals surface area contributed by atoms with E-state index in [4.69, 9.17) is 4.74 Å². The standard InChI is InChI=1S/C11H23NO2S/c1-8(7-15-11(2,3)4)12-9-5-14-6-10(9)13/h8-10,12-13H,5-7H2,1-4H3. The number of hydrogen-bond donors (Lipinski definition) is 2. The van der Waals surface area contributed by atoms with Crippen LogP contribution in [0, 0.1) is 0 Å². The molecule has 0 aromatic heterocycles. The van der Waals surface area contributed by atoms with Gasteiger partial charge in [-0.2, -0.15) is 11.8 Å². The summed E-state index contributed by atoms with van der Waals surface area (Å²) in [4.78, 5) is 0. The van der Waals surface area contributed by atoms with Crippen LogP contribution in [-0.4, -0.2) is 47.0 Å². The number of thioether (sulfide) groups is 1. The Kier molecular flexibility index (Phi) is 4.90. The first-order chi connectivity index (χ1) is 6.88. The van der Waals surface area contributed by atoms with E-state index in [1.54, 1.807) is 0 Å². The van der Waals surface area contributed by atoms with Gasteiger partial charge in [-0.05, 0) is 6.92 Å². The van der Waals surface area contributed by atoms with E-state index < -0.39 is 0 Å². The van der Waals surface area contributed by atoms with Crippen molar-refractivity contribution >= 4 is 11.8 Å². The van der Waals surface area contributed by atoms with E-state index in [0.717, 1.165) is 5.75 Å². The van der Waals surface area contributed by atoms with E-state index in [0.29, 0.717) is 24.0 Å². The molecular weight excluding hydrogens is 210 g/mol. The van der Waals surface area contributed by atoms with Gasteiger partial charge >= 0.3 is 0 Å². The Bertz CT molecular complexity index is 194. The van der Waals surface area contributed by atoms with Crippen molar-refractivity contribution in [2.45, 2.75) is 50.6 Å². The van der Waals surface area contributed by atoms with E-state index >= 15 is 0 Å². The molecule has 0 bridgehead atoms. The number of ether oxygens (including phenoxy) is 1. The van der Waals surface area contributed by atoms with Crippen LogP contribution in [0.3, 0.4) is 0 Å². The van der Waals surface area contributed by atoms with Gasteiger partial charge in [0.25, 0.3) is 0 Å². The van der Waals surface area contributed by atoms with Crippen LogP contribution in [0.1, 0.15) is 27.7 Å². The summed E-state index contributed by atoms with van der Waals surface area (Å²) in [5.41, 5.74) is 0. The Morgan fingerprint density at radius 3 is 2.60 bits per heavy atom. The maximum Gasteiger partial charge on any atom is 0.0948 e. The predicted octanol–water partition coefficient (Wildman–Crippen LogP) is 1.26. The summed E-state index contributed by atoms with van der Waals surface area (Å²) in [6, 6.07) is 0.524. The van der Waals surface area contributed by atoms with Gasteiger partial charge in [-0.1, -0.05) is 20.8 Å². The van der Waals surface area contributed by atoms with Crippen LogP contribution in [0.15, 0.2) is 0 Å². The molecule has 2 N–H and O–H groups in total. The van der Waals surface area contributed by atoms with Crippen molar-refractivity contribution in [3.05, 3.63) is 0 Å². The Labute approximate surface area is 97.0 Å². The number of aliphatic hydroxyl groups excluding tert-OH is 1. The first kappa shape index (κ1) is 13.3. The number of rotatable bonds is 4. The van der Waals surface area contributed by atoms with Crippen LogP contribution >= 0.6 is 11.8 Å². The van der Waals surface area contributed by atoms with Crippen molar-refractivity contribution in [2.75, 3.05) is 19.0 Å². The highest BCUT2D eigenvalue weighted by atomic mass is 32.2. The maximum absolute atomic E-state index is 9.57. The van der Waals surface area contributed by atoms with Crippen molar-refractivity contribution in [1.82, 2.24) is 5.32 Å². The second kappa shape index (κ2) is 5.53. The molecule has 3 nitrogen and oxygen atoms in total. The summed E-state index contributed by atoms with van der Waals surface area (Å²) >= 11 is 1.94. The highest BCUT2D eigenvalue weighted by Crippen LogP contribution is 2.23. The van der Waals surface area contributed by atoms with Crippen LogP contribution in [0.4, 0.5) is 0 Å². The Balaban J connectivity index is 2.20. The smallest absolute Gasteiger partial charge is 0.0948 e. The van der Waals surface area contributed by atoms with Crippen LogP contribution in [-0.2, 0) is 4.74 Å². The first-order valence-electron chi connectivity index (χ1n) is 5.54. The van der Waals surface area contributed by atoms with Gasteiger partial charge in [0.2, 0.25) is 0 Å². The highest BCUT2D eigenvalue weighted by molar-refractivity contribution is 8.00. The van der Waals surface area contributed by atoms with Gasteiger partial charge in [-0.15, -0.1) is 0 Å². The third-order valence-corrected chi connectivity index (χ3v) is 3.85. The molecule has 4 heteroatoms. The monoisotopic (exact) mass is 233 g/mol. The minimum atomic E-state index is -0.341. The molecule has 1 rings (SSSR count). The second-order valence-electron chi connectivity index (χ2n) is 5.20. The third kappa shape index (κ3) is 5.20. The lowest BCUT2D eigenvalue weighted by molar-refractivity contribution is 0.121. The average Bonchev–Trinajstić information content (AvgIpc) is 2.47. The zero-order chi connectivity index (χ0) is 11.5. The SMILES string of the molecule is CC(CSC(C)(C)C)NC1COCC1O. The summed E-state index contributed by atoms with van der Waals surface area (Å²) in [5, 5.41) is 13.0. The maximum atomic E-state index is 9.57. The molecule has 0 aliphatic carbocycles. The van der Waals surface area contributed by atoms with Gasteiger partial charge in [0.1, 0.15) is 0 Å². The number of aliphatic hydroxyl groups is 1. The van der Waals surface area contributed by atoms with Crippen LogP contribution in [0.2, 0.25) is 0 Å². The summed E-state index contributed by atoms with van der Waals surface area (Å²) in [7, 11) is 0. The van der Waals surface area contributed by atoms with Crippen molar-refractivity contribution in [2.24, 2.45) is 0 Å². The van der Waals surface area contributed by atoms with Crippen LogP contribution in [0.25, 0.3) is 0 Å². The molecule has 0 radical (unpaired) electrons. The molecule has 1 saturated heterocycles. The minimum Gasteiger partial charge on any atom is -0.389 e. The Morgan fingerprint density at radius 1 is 1.47 bits per heavy atom. The predicted molar refractivity (Wildman–Crippen MR) is 65.4 cm³/mol. The van der Waals surface area contributed by atoms with Gasteiger partial charge in [0, 0.05) is 16.5 Å². The van der Waals surface area contributed by atoms with E-state index in [1.165, 1.54) is 0 Å². The normalized spacial score (nSPS) is 29.4. The molecule has 1 fully saturated rings. The average molecular weight is 233 g/mol. The fraction of sp³-hybridized carbons (Fsp3) is 1.00. The van der Waals surface area contributed by atoms with Gasteiger partial charge in [-0.3, -0.25) is 0 Å². The largest absolute Gasteiger partial charge is 0.389 e. The molecular formula is C11H23NO2S. The van der Waals surface area contributed by atoms with E-state index in [-0.39, 0.29) is 12.1 Å². The number of hydrogen-bond acceptors (Lipinski definition) is 4. The molecule has 1 aliphatic heterocycles. The zero-order valence-electron chi connectivity index (χ0n) is 10.1. The summed E-state index contributed by atoms with van der Waals surface area (Å²) < 4.78 is 5.50. The van der Waals surface area contributed by atoms with E-state index in [1.807, 2.05) is 11.8 Å². The van der Waals surface area contributed by atoms with Crippen molar-refractivity contribution in [3.8, 4) is 0 Å². The van der Waals surface area contributed by atoms with Crippen molar-refractivity contribution < 1.29 is 9.84 Å². The van der Waals surface area contributed by atoms with Crippen molar-refractivity contribution in [3.63, 3.8) is 0 Å². The Morgan fingerprint density at radius 2 is 2.13 bits per heavy atom. The topological polar surface area (TPSA) is 41.5 Å². The summed E-state index contributed by atoms with van der Waals surface area (Å²) in [6.45, 7) is 9.92. The quantitative estimate of drug-likeness (QED) is 0.767. The van der Waals surface area contributed by atoms with Gasteiger partial charge < -0.3 is 15.2 Å². The zero-order valence-corrected chi connectivity index (χ0v) is 10.9. The molecule has 0 aromatic rings. The first-order valence-corrected chi connectivity index (χ1v) is 6.53. The van der Waals surface area contributed by atoms with Gasteiger partial charge in [-0.25, -0.2) is 0 Å². The Hall–Kier alpha value is 0.230. The lowest BCUT2D eigenvalue weighted by Gasteiger charge is -2.24. The number of nitrogens with one attached hydrogen (secondary N) is 1. The van der Waals surface area contributed by atoms with Gasteiger partial charge in [0.05, 0.1) is 25.4 Å². The molecule has 1 aliphatic rings. The summed E-state index contributed by atoms with van der Waals surface area (Å²) in [5.74, 6) is 1.06. The van der Waals surface area contributed by atoms with Crippen LogP contribution < -0.4 is 5.32 Å². The molecule has 0 saturated carbocycles. The van der Waals surface area contributed by atoms with E-state index in [2.05, 4.69) is 33.0 Å².